The third-order valence-corrected chi connectivity index (χ3v) is 2.98. The lowest BCUT2D eigenvalue weighted by Crippen LogP contribution is -2.11. The van der Waals surface area contributed by atoms with Crippen molar-refractivity contribution in [1.29, 1.82) is 0 Å². The predicted octanol–water partition coefficient (Wildman–Crippen LogP) is 4.47. The normalized spacial score (nSPS) is 9.16. The SMILES string of the molecule is C=C.CCOC(C)OCC.O=Cc1sc(Cl)nc1Cl. The number of thiazole rings is 1. The Morgan fingerprint density at radius 2 is 1.79 bits per heavy atom. The molecule has 1 heterocycles. The van der Waals surface area contributed by atoms with Gasteiger partial charge in [0.1, 0.15) is 4.88 Å². The molecule has 7 heteroatoms. The summed E-state index contributed by atoms with van der Waals surface area (Å²) in [6.45, 7) is 13.3. The van der Waals surface area contributed by atoms with Crippen LogP contribution in [0, 0.1) is 0 Å². The maximum Gasteiger partial charge on any atom is 0.185 e. The zero-order valence-electron chi connectivity index (χ0n) is 11.3. The summed E-state index contributed by atoms with van der Waals surface area (Å²) in [5.74, 6) is 0. The minimum Gasteiger partial charge on any atom is -0.353 e. The fourth-order valence-electron chi connectivity index (χ4n) is 0.878. The highest BCUT2D eigenvalue weighted by Gasteiger charge is 2.04. The first kappa shape index (κ1) is 20.8. The van der Waals surface area contributed by atoms with Crippen LogP contribution in [-0.2, 0) is 9.47 Å². The summed E-state index contributed by atoms with van der Waals surface area (Å²) in [5, 5.41) is 0.181. The van der Waals surface area contributed by atoms with Gasteiger partial charge in [-0.2, -0.15) is 0 Å². The lowest BCUT2D eigenvalue weighted by atomic mass is 10.6. The van der Waals surface area contributed by atoms with Gasteiger partial charge in [-0.3, -0.25) is 4.79 Å². The first-order valence-electron chi connectivity index (χ1n) is 5.55. The van der Waals surface area contributed by atoms with E-state index in [1.165, 1.54) is 0 Å². The van der Waals surface area contributed by atoms with Gasteiger partial charge in [-0.05, 0) is 20.8 Å². The molecule has 0 aliphatic rings. The number of halogens is 2. The molecule has 0 radical (unpaired) electrons. The van der Waals surface area contributed by atoms with Gasteiger partial charge in [0, 0.05) is 13.2 Å². The van der Waals surface area contributed by atoms with Crippen LogP contribution in [0.1, 0.15) is 30.4 Å². The molecule has 0 aromatic carbocycles. The number of carbonyl (C=O) groups excluding carboxylic acids is 1. The van der Waals surface area contributed by atoms with Gasteiger partial charge in [-0.1, -0.05) is 34.5 Å². The summed E-state index contributed by atoms with van der Waals surface area (Å²) >= 11 is 11.9. The maximum atomic E-state index is 10.1. The van der Waals surface area contributed by atoms with Crippen molar-refractivity contribution in [2.75, 3.05) is 13.2 Å². The number of rotatable bonds is 5. The zero-order valence-corrected chi connectivity index (χ0v) is 13.6. The van der Waals surface area contributed by atoms with E-state index in [4.69, 9.17) is 32.7 Å². The number of aldehydes is 1. The molecule has 0 spiro atoms. The minimum atomic E-state index is -0.0370. The molecule has 0 saturated carbocycles. The summed E-state index contributed by atoms with van der Waals surface area (Å²) < 4.78 is 10.4. The lowest BCUT2D eigenvalue weighted by Gasteiger charge is -2.09. The largest absolute Gasteiger partial charge is 0.353 e. The van der Waals surface area contributed by atoms with E-state index in [2.05, 4.69) is 18.1 Å². The van der Waals surface area contributed by atoms with E-state index < -0.39 is 0 Å². The predicted molar refractivity (Wildman–Crippen MR) is 81.5 cm³/mol. The van der Waals surface area contributed by atoms with Gasteiger partial charge in [0.25, 0.3) is 0 Å². The minimum absolute atomic E-state index is 0.0370. The average molecular weight is 328 g/mol. The van der Waals surface area contributed by atoms with Crippen LogP contribution < -0.4 is 0 Å². The highest BCUT2D eigenvalue weighted by atomic mass is 35.5. The van der Waals surface area contributed by atoms with E-state index in [9.17, 15) is 4.79 Å². The Bertz CT molecular complexity index is 342. The van der Waals surface area contributed by atoms with Gasteiger partial charge < -0.3 is 9.47 Å². The fourth-order valence-corrected chi connectivity index (χ4v) is 2.05. The molecular formula is C12H19Cl2NO3S. The Hall–Kier alpha value is -0.460. The molecule has 4 nitrogen and oxygen atoms in total. The van der Waals surface area contributed by atoms with E-state index >= 15 is 0 Å². The first-order valence-corrected chi connectivity index (χ1v) is 7.12. The number of nitrogens with zero attached hydrogens (tertiary/aromatic N) is 1. The highest BCUT2D eigenvalue weighted by Crippen LogP contribution is 2.24. The van der Waals surface area contributed by atoms with Crippen LogP contribution in [0.15, 0.2) is 13.2 Å². The molecule has 0 aliphatic heterocycles. The van der Waals surface area contributed by atoms with Gasteiger partial charge in [-0.25, -0.2) is 4.98 Å². The second-order valence-corrected chi connectivity index (χ2v) is 4.69. The van der Waals surface area contributed by atoms with Crippen molar-refractivity contribution in [3.05, 3.63) is 27.7 Å². The number of aromatic nitrogens is 1. The number of carbonyl (C=O) groups is 1. The Morgan fingerprint density at radius 1 is 1.32 bits per heavy atom. The molecule has 0 fully saturated rings. The molecule has 0 atom stereocenters. The van der Waals surface area contributed by atoms with Gasteiger partial charge in [-0.15, -0.1) is 13.2 Å². The van der Waals surface area contributed by atoms with E-state index in [1.807, 2.05) is 20.8 Å². The smallest absolute Gasteiger partial charge is 0.185 e. The van der Waals surface area contributed by atoms with Crippen molar-refractivity contribution in [1.82, 2.24) is 4.98 Å². The molecule has 1 aromatic rings. The van der Waals surface area contributed by atoms with Crippen molar-refractivity contribution in [2.24, 2.45) is 0 Å². The van der Waals surface area contributed by atoms with Crippen molar-refractivity contribution in [2.45, 2.75) is 27.1 Å². The Morgan fingerprint density at radius 3 is 2.00 bits per heavy atom. The molecule has 0 bridgehead atoms. The lowest BCUT2D eigenvalue weighted by molar-refractivity contribution is -0.123. The number of hydrogen-bond acceptors (Lipinski definition) is 5. The van der Waals surface area contributed by atoms with Crippen LogP contribution in [0.4, 0.5) is 0 Å². The van der Waals surface area contributed by atoms with Crippen LogP contribution >= 0.6 is 34.5 Å². The highest BCUT2D eigenvalue weighted by molar-refractivity contribution is 7.17. The maximum absolute atomic E-state index is 10.1. The molecule has 110 valence electrons. The molecule has 0 unspecified atom stereocenters. The third-order valence-electron chi connectivity index (χ3n) is 1.49. The quantitative estimate of drug-likeness (QED) is 0.454. The number of ether oxygens (including phenoxy) is 2. The van der Waals surface area contributed by atoms with E-state index in [0.717, 1.165) is 24.6 Å². The third kappa shape index (κ3) is 11.1. The molecule has 0 saturated heterocycles. The van der Waals surface area contributed by atoms with E-state index in [1.54, 1.807) is 0 Å². The molecule has 0 amide bonds. The van der Waals surface area contributed by atoms with Crippen molar-refractivity contribution < 1.29 is 14.3 Å². The van der Waals surface area contributed by atoms with Crippen LogP contribution in [0.5, 0.6) is 0 Å². The summed E-state index contributed by atoms with van der Waals surface area (Å²) in [6.07, 6.45) is 0.594. The van der Waals surface area contributed by atoms with Gasteiger partial charge in [0.05, 0.1) is 0 Å². The van der Waals surface area contributed by atoms with E-state index in [-0.39, 0.29) is 11.4 Å². The molecule has 1 rings (SSSR count). The van der Waals surface area contributed by atoms with Gasteiger partial charge in [0.2, 0.25) is 0 Å². The zero-order chi connectivity index (χ0) is 15.3. The average Bonchev–Trinajstić information content (AvgIpc) is 2.72. The van der Waals surface area contributed by atoms with Crippen LogP contribution in [0.3, 0.4) is 0 Å². The standard InChI is InChI=1S/C6H14O2.C4HCl2NOS.C2H4/c1-4-7-6(3)8-5-2;5-3-2(1-8)9-4(6)7-3;1-2/h6H,4-5H2,1-3H3;1H;1-2H2. The second-order valence-electron chi connectivity index (χ2n) is 2.72. The fraction of sp³-hybridized carbons (Fsp3) is 0.500. The summed E-state index contributed by atoms with van der Waals surface area (Å²) in [7, 11) is 0. The van der Waals surface area contributed by atoms with Gasteiger partial charge in [0.15, 0.2) is 22.2 Å². The molecule has 0 N–H and O–H groups in total. The molecule has 1 aromatic heterocycles. The van der Waals surface area contributed by atoms with Crippen LogP contribution in [-0.4, -0.2) is 30.8 Å². The summed E-state index contributed by atoms with van der Waals surface area (Å²) in [5.41, 5.74) is 0. The molecular weight excluding hydrogens is 309 g/mol. The Kier molecular flexibility index (Phi) is 15.3. The van der Waals surface area contributed by atoms with Crippen LogP contribution in [0.25, 0.3) is 0 Å². The van der Waals surface area contributed by atoms with Gasteiger partial charge >= 0.3 is 0 Å². The summed E-state index contributed by atoms with van der Waals surface area (Å²) in [6, 6.07) is 0. The van der Waals surface area contributed by atoms with Crippen molar-refractivity contribution in [3.63, 3.8) is 0 Å². The molecule has 0 aliphatic carbocycles. The van der Waals surface area contributed by atoms with E-state index in [0.29, 0.717) is 15.6 Å². The van der Waals surface area contributed by atoms with Crippen LogP contribution in [0.2, 0.25) is 9.62 Å². The molecule has 19 heavy (non-hydrogen) atoms. The number of hydrogen-bond donors (Lipinski definition) is 0. The monoisotopic (exact) mass is 327 g/mol. The second kappa shape index (κ2) is 14.0. The van der Waals surface area contributed by atoms with Crippen molar-refractivity contribution >= 4 is 40.8 Å². The Labute approximate surface area is 128 Å². The Balaban J connectivity index is 0. The summed E-state index contributed by atoms with van der Waals surface area (Å²) in [4.78, 5) is 14.0. The topological polar surface area (TPSA) is 48.4 Å². The first-order chi connectivity index (χ1) is 9.04. The van der Waals surface area contributed by atoms with Crippen molar-refractivity contribution in [3.8, 4) is 0 Å².